The van der Waals surface area contributed by atoms with Crippen LogP contribution in [0.15, 0.2) is 12.2 Å². The molecule has 0 radical (unpaired) electrons. The zero-order chi connectivity index (χ0) is 15.2. The minimum absolute atomic E-state index is 0.0305. The van der Waals surface area contributed by atoms with Crippen LogP contribution < -0.4 is 0 Å². The predicted molar refractivity (Wildman–Crippen MR) is 71.7 cm³/mol. The van der Waals surface area contributed by atoms with Gasteiger partial charge in [0.1, 0.15) is 5.41 Å². The average molecular weight is 296 g/mol. The fourth-order valence-corrected chi connectivity index (χ4v) is 3.57. The molecule has 3 aliphatic rings. The summed E-state index contributed by atoms with van der Waals surface area (Å²) >= 11 is 0. The first-order valence-corrected chi connectivity index (χ1v) is 7.33. The van der Waals surface area contributed by atoms with E-state index in [1.165, 1.54) is 0 Å². The number of allylic oxidation sites excluding steroid dienone is 1. The molecule has 6 unspecified atom stereocenters. The Morgan fingerprint density at radius 2 is 1.86 bits per heavy atom. The quantitative estimate of drug-likeness (QED) is 0.563. The van der Waals surface area contributed by atoms with Crippen LogP contribution in [0, 0.1) is 23.2 Å². The van der Waals surface area contributed by atoms with E-state index in [1.807, 2.05) is 13.0 Å². The molecular weight excluding hydrogens is 276 g/mol. The number of carbonyl (C=O) groups is 2. The highest BCUT2D eigenvalue weighted by Crippen LogP contribution is 2.50. The number of aliphatic carboxylic acids is 2. The largest absolute Gasteiger partial charge is 0.481 e. The Labute approximate surface area is 122 Å². The van der Waals surface area contributed by atoms with Gasteiger partial charge >= 0.3 is 11.9 Å². The molecule has 0 spiro atoms. The molecule has 0 amide bonds. The van der Waals surface area contributed by atoms with Gasteiger partial charge in [-0.05, 0) is 24.7 Å². The Morgan fingerprint density at radius 3 is 2.33 bits per heavy atom. The van der Waals surface area contributed by atoms with Gasteiger partial charge in [-0.15, -0.1) is 0 Å². The third-order valence-corrected chi connectivity index (χ3v) is 4.93. The molecule has 6 heteroatoms. The maximum atomic E-state index is 11.9. The molecule has 0 saturated carbocycles. The van der Waals surface area contributed by atoms with E-state index in [-0.39, 0.29) is 30.5 Å². The fraction of sp³-hybridized carbons (Fsp3) is 0.733. The highest BCUT2D eigenvalue weighted by atomic mass is 16.6. The molecule has 6 atom stereocenters. The number of carboxylic acids is 2. The van der Waals surface area contributed by atoms with Crippen LogP contribution in [0.2, 0.25) is 0 Å². The highest BCUT2D eigenvalue weighted by molar-refractivity contribution is 5.86. The lowest BCUT2D eigenvalue weighted by atomic mass is 9.59. The van der Waals surface area contributed by atoms with Crippen LogP contribution in [0.25, 0.3) is 0 Å². The van der Waals surface area contributed by atoms with Crippen molar-refractivity contribution in [3.05, 3.63) is 12.2 Å². The number of epoxide rings is 2. The second kappa shape index (κ2) is 5.10. The smallest absolute Gasteiger partial charge is 0.314 e. The molecule has 3 rings (SSSR count). The van der Waals surface area contributed by atoms with Crippen LogP contribution in [0.3, 0.4) is 0 Å². The summed E-state index contributed by atoms with van der Waals surface area (Å²) in [5, 5.41) is 19.4. The van der Waals surface area contributed by atoms with E-state index in [1.54, 1.807) is 6.08 Å². The van der Waals surface area contributed by atoms with Crippen molar-refractivity contribution in [3.8, 4) is 0 Å². The summed E-state index contributed by atoms with van der Waals surface area (Å²) in [7, 11) is 0. The molecule has 2 fully saturated rings. The van der Waals surface area contributed by atoms with Crippen molar-refractivity contribution in [2.24, 2.45) is 23.2 Å². The summed E-state index contributed by atoms with van der Waals surface area (Å²) in [6.07, 6.45) is 4.20. The van der Waals surface area contributed by atoms with E-state index in [9.17, 15) is 19.8 Å². The molecule has 2 N–H and O–H groups in total. The normalized spacial score (nSPS) is 44.3. The van der Waals surface area contributed by atoms with Crippen LogP contribution in [-0.4, -0.2) is 47.6 Å². The number of hydrogen-bond acceptors (Lipinski definition) is 4. The Kier molecular flexibility index (Phi) is 3.53. The molecule has 2 heterocycles. The van der Waals surface area contributed by atoms with E-state index in [0.717, 1.165) is 0 Å². The fourth-order valence-electron chi connectivity index (χ4n) is 3.57. The second-order valence-corrected chi connectivity index (χ2v) is 6.39. The van der Waals surface area contributed by atoms with Gasteiger partial charge in [0, 0.05) is 0 Å². The average Bonchev–Trinajstić information content (AvgIpc) is 3.28. The van der Waals surface area contributed by atoms with E-state index in [2.05, 4.69) is 0 Å². The van der Waals surface area contributed by atoms with E-state index in [0.29, 0.717) is 19.6 Å². The standard InChI is InChI=1S/C15H20O6/c1-8-2-3-15(14(18)19,5-10-7-21-10)12(13(16)17)11(8)4-9-6-20-9/h2-3,8-12H,4-7H2,1H3,(H,16,17)(H,18,19). The molecule has 2 saturated heterocycles. The van der Waals surface area contributed by atoms with Crippen LogP contribution in [0.4, 0.5) is 0 Å². The van der Waals surface area contributed by atoms with Gasteiger partial charge in [-0.25, -0.2) is 0 Å². The lowest BCUT2D eigenvalue weighted by Gasteiger charge is -2.42. The maximum absolute atomic E-state index is 11.9. The Hall–Kier alpha value is -1.40. The predicted octanol–water partition coefficient (Wildman–Crippen LogP) is 1.16. The summed E-state index contributed by atoms with van der Waals surface area (Å²) in [4.78, 5) is 23.8. The summed E-state index contributed by atoms with van der Waals surface area (Å²) in [6, 6.07) is 0. The first-order chi connectivity index (χ1) is 9.94. The molecule has 21 heavy (non-hydrogen) atoms. The lowest BCUT2D eigenvalue weighted by molar-refractivity contribution is -0.164. The van der Waals surface area contributed by atoms with Gasteiger partial charge in [0.05, 0.1) is 31.3 Å². The van der Waals surface area contributed by atoms with Gasteiger partial charge in [-0.1, -0.05) is 19.1 Å². The van der Waals surface area contributed by atoms with Gasteiger partial charge < -0.3 is 19.7 Å². The Bertz CT molecular complexity index is 479. The number of hydrogen-bond donors (Lipinski definition) is 2. The van der Waals surface area contributed by atoms with Crippen molar-refractivity contribution >= 4 is 11.9 Å². The number of ether oxygens (including phenoxy) is 2. The molecule has 6 nitrogen and oxygen atoms in total. The zero-order valence-corrected chi connectivity index (χ0v) is 11.9. The zero-order valence-electron chi connectivity index (χ0n) is 11.9. The minimum atomic E-state index is -1.38. The molecule has 0 aromatic heterocycles. The Balaban J connectivity index is 1.96. The van der Waals surface area contributed by atoms with Crippen LogP contribution in [0.1, 0.15) is 19.8 Å². The van der Waals surface area contributed by atoms with Crippen molar-refractivity contribution in [1.82, 2.24) is 0 Å². The number of rotatable bonds is 6. The lowest BCUT2D eigenvalue weighted by Crippen LogP contribution is -2.49. The van der Waals surface area contributed by atoms with Crippen LogP contribution in [0.5, 0.6) is 0 Å². The van der Waals surface area contributed by atoms with Gasteiger partial charge in [0.25, 0.3) is 0 Å². The molecule has 1 aliphatic carbocycles. The van der Waals surface area contributed by atoms with Crippen LogP contribution in [-0.2, 0) is 19.1 Å². The topological polar surface area (TPSA) is 99.7 Å². The number of carboxylic acid groups (broad SMARTS) is 2. The van der Waals surface area contributed by atoms with Gasteiger partial charge in [0.15, 0.2) is 0 Å². The molecule has 0 aromatic carbocycles. The highest BCUT2D eigenvalue weighted by Gasteiger charge is 2.57. The van der Waals surface area contributed by atoms with Gasteiger partial charge in [0.2, 0.25) is 0 Å². The third-order valence-electron chi connectivity index (χ3n) is 4.93. The van der Waals surface area contributed by atoms with Crippen molar-refractivity contribution in [2.75, 3.05) is 13.2 Å². The third kappa shape index (κ3) is 2.70. The monoisotopic (exact) mass is 296 g/mol. The molecular formula is C15H20O6. The second-order valence-electron chi connectivity index (χ2n) is 6.39. The summed E-state index contributed by atoms with van der Waals surface area (Å²) in [5.41, 5.74) is -1.38. The molecule has 2 aliphatic heterocycles. The van der Waals surface area contributed by atoms with Gasteiger partial charge in [-0.3, -0.25) is 9.59 Å². The summed E-state index contributed by atoms with van der Waals surface area (Å²) in [5.74, 6) is -3.25. The summed E-state index contributed by atoms with van der Waals surface area (Å²) in [6.45, 7) is 3.10. The molecule has 0 bridgehead atoms. The van der Waals surface area contributed by atoms with E-state index < -0.39 is 23.3 Å². The van der Waals surface area contributed by atoms with Crippen molar-refractivity contribution in [1.29, 1.82) is 0 Å². The van der Waals surface area contributed by atoms with E-state index >= 15 is 0 Å². The van der Waals surface area contributed by atoms with Gasteiger partial charge in [-0.2, -0.15) is 0 Å². The molecule has 116 valence electrons. The SMILES string of the molecule is CC1C=CC(CC2CO2)(C(=O)O)C(C(=O)O)C1CC1CO1. The van der Waals surface area contributed by atoms with Crippen molar-refractivity contribution in [2.45, 2.75) is 32.0 Å². The minimum Gasteiger partial charge on any atom is -0.481 e. The first kappa shape index (κ1) is 14.5. The molecule has 0 aromatic rings. The Morgan fingerprint density at radius 1 is 1.24 bits per heavy atom. The maximum Gasteiger partial charge on any atom is 0.314 e. The summed E-state index contributed by atoms with van der Waals surface area (Å²) < 4.78 is 10.4. The van der Waals surface area contributed by atoms with E-state index in [4.69, 9.17) is 9.47 Å². The van der Waals surface area contributed by atoms with Crippen molar-refractivity contribution < 1.29 is 29.3 Å². The van der Waals surface area contributed by atoms with Crippen molar-refractivity contribution in [3.63, 3.8) is 0 Å². The van der Waals surface area contributed by atoms with Crippen LogP contribution >= 0.6 is 0 Å². The first-order valence-electron chi connectivity index (χ1n) is 7.33.